The van der Waals surface area contributed by atoms with E-state index in [1.165, 1.54) is 0 Å². The SMILES string of the molecule is O=C1CC(c2cc(F)c(F)c(F)c2)CCN1C1CC(c2ccncc2)=NN1. The predicted molar refractivity (Wildman–Crippen MR) is 92.3 cm³/mol. The number of hydrogen-bond acceptors (Lipinski definition) is 4. The molecule has 0 bridgehead atoms. The summed E-state index contributed by atoms with van der Waals surface area (Å²) in [4.78, 5) is 18.3. The van der Waals surface area contributed by atoms with Crippen molar-refractivity contribution in [2.75, 3.05) is 6.54 Å². The quantitative estimate of drug-likeness (QED) is 0.841. The van der Waals surface area contributed by atoms with Crippen LogP contribution in [0.4, 0.5) is 13.2 Å². The van der Waals surface area contributed by atoms with Gasteiger partial charge in [-0.05, 0) is 42.2 Å². The average molecular weight is 374 g/mol. The number of nitrogens with zero attached hydrogens (tertiary/aromatic N) is 3. The lowest BCUT2D eigenvalue weighted by molar-refractivity contribution is -0.136. The fourth-order valence-electron chi connectivity index (χ4n) is 3.61. The van der Waals surface area contributed by atoms with Gasteiger partial charge in [-0.3, -0.25) is 15.2 Å². The molecule has 4 rings (SSSR count). The molecule has 1 aromatic heterocycles. The van der Waals surface area contributed by atoms with Crippen molar-refractivity contribution >= 4 is 11.6 Å². The number of halogens is 3. The van der Waals surface area contributed by atoms with Gasteiger partial charge in [-0.15, -0.1) is 0 Å². The Hall–Kier alpha value is -2.90. The van der Waals surface area contributed by atoms with Gasteiger partial charge >= 0.3 is 0 Å². The first-order valence-corrected chi connectivity index (χ1v) is 8.69. The summed E-state index contributed by atoms with van der Waals surface area (Å²) in [7, 11) is 0. The summed E-state index contributed by atoms with van der Waals surface area (Å²) in [5.41, 5.74) is 5.09. The number of hydrazone groups is 1. The van der Waals surface area contributed by atoms with Crippen LogP contribution in [0.5, 0.6) is 0 Å². The molecule has 3 heterocycles. The van der Waals surface area contributed by atoms with E-state index in [1.807, 2.05) is 12.1 Å². The third kappa shape index (κ3) is 3.39. The number of benzene rings is 1. The molecule has 0 spiro atoms. The summed E-state index contributed by atoms with van der Waals surface area (Å²) in [5.74, 6) is -4.40. The van der Waals surface area contributed by atoms with Crippen LogP contribution in [0.25, 0.3) is 0 Å². The van der Waals surface area contributed by atoms with Crippen molar-refractivity contribution in [2.45, 2.75) is 31.3 Å². The van der Waals surface area contributed by atoms with Gasteiger partial charge in [0.05, 0.1) is 5.71 Å². The van der Waals surface area contributed by atoms with Crippen LogP contribution < -0.4 is 5.43 Å². The molecule has 1 aromatic carbocycles. The number of piperidine rings is 1. The molecule has 1 amide bonds. The third-order valence-corrected chi connectivity index (χ3v) is 5.06. The van der Waals surface area contributed by atoms with E-state index in [0.29, 0.717) is 24.9 Å². The Bertz CT molecular complexity index is 880. The Morgan fingerprint density at radius 1 is 1.07 bits per heavy atom. The number of pyridine rings is 1. The number of nitrogens with one attached hydrogen (secondary N) is 1. The molecular weight excluding hydrogens is 357 g/mol. The summed E-state index contributed by atoms with van der Waals surface area (Å²) < 4.78 is 40.1. The van der Waals surface area contributed by atoms with Crippen LogP contribution in [0, 0.1) is 17.5 Å². The highest BCUT2D eigenvalue weighted by Crippen LogP contribution is 2.32. The third-order valence-electron chi connectivity index (χ3n) is 5.06. The van der Waals surface area contributed by atoms with Gasteiger partial charge in [0.15, 0.2) is 17.5 Å². The summed E-state index contributed by atoms with van der Waals surface area (Å²) in [5, 5.41) is 4.31. The van der Waals surface area contributed by atoms with Gasteiger partial charge in [0.2, 0.25) is 5.91 Å². The highest BCUT2D eigenvalue weighted by molar-refractivity contribution is 6.01. The van der Waals surface area contributed by atoms with E-state index in [-0.39, 0.29) is 24.4 Å². The Morgan fingerprint density at radius 2 is 1.78 bits per heavy atom. The van der Waals surface area contributed by atoms with Gasteiger partial charge in [0.25, 0.3) is 0 Å². The van der Waals surface area contributed by atoms with Crippen LogP contribution in [0.15, 0.2) is 41.8 Å². The summed E-state index contributed by atoms with van der Waals surface area (Å²) in [6.07, 6.45) is 4.35. The minimum atomic E-state index is -1.49. The molecule has 1 saturated heterocycles. The maximum absolute atomic E-state index is 13.5. The second-order valence-corrected chi connectivity index (χ2v) is 6.72. The zero-order valence-electron chi connectivity index (χ0n) is 14.3. The lowest BCUT2D eigenvalue weighted by Gasteiger charge is -2.35. The minimum absolute atomic E-state index is 0.118. The van der Waals surface area contributed by atoms with Crippen molar-refractivity contribution in [3.8, 4) is 0 Å². The topological polar surface area (TPSA) is 57.6 Å². The number of carbonyl (C=O) groups excluding carboxylic acids is 1. The second kappa shape index (κ2) is 7.02. The summed E-state index contributed by atoms with van der Waals surface area (Å²) in [6.45, 7) is 0.431. The lowest BCUT2D eigenvalue weighted by atomic mass is 9.88. The van der Waals surface area contributed by atoms with Gasteiger partial charge in [-0.1, -0.05) is 0 Å². The van der Waals surface area contributed by atoms with Crippen LogP contribution in [0.3, 0.4) is 0 Å². The fraction of sp³-hybridized carbons (Fsp3) is 0.316. The van der Waals surface area contributed by atoms with Crippen LogP contribution in [0.1, 0.15) is 36.3 Å². The lowest BCUT2D eigenvalue weighted by Crippen LogP contribution is -2.49. The summed E-state index contributed by atoms with van der Waals surface area (Å²) >= 11 is 0. The summed E-state index contributed by atoms with van der Waals surface area (Å²) in [6, 6.07) is 5.66. The van der Waals surface area contributed by atoms with Crippen molar-refractivity contribution in [3.05, 3.63) is 65.2 Å². The van der Waals surface area contributed by atoms with Gasteiger partial charge in [0.1, 0.15) is 6.17 Å². The highest BCUT2D eigenvalue weighted by Gasteiger charge is 2.34. The molecule has 27 heavy (non-hydrogen) atoms. The zero-order valence-corrected chi connectivity index (χ0v) is 14.3. The molecule has 140 valence electrons. The predicted octanol–water partition coefficient (Wildman–Crippen LogP) is 2.93. The first kappa shape index (κ1) is 17.5. The van der Waals surface area contributed by atoms with E-state index < -0.39 is 17.5 Å². The average Bonchev–Trinajstić information content (AvgIpc) is 3.16. The molecule has 1 N–H and O–H groups in total. The van der Waals surface area contributed by atoms with Gasteiger partial charge in [0, 0.05) is 37.3 Å². The zero-order chi connectivity index (χ0) is 19.0. The Labute approximate surface area is 153 Å². The number of carbonyl (C=O) groups is 1. The van der Waals surface area contributed by atoms with Crippen LogP contribution in [-0.4, -0.2) is 34.2 Å². The molecule has 0 aliphatic carbocycles. The van der Waals surface area contributed by atoms with Crippen molar-refractivity contribution in [3.63, 3.8) is 0 Å². The maximum atomic E-state index is 13.5. The number of hydrogen-bond donors (Lipinski definition) is 1. The molecule has 2 aromatic rings. The molecule has 0 radical (unpaired) electrons. The van der Waals surface area contributed by atoms with E-state index in [2.05, 4.69) is 15.5 Å². The van der Waals surface area contributed by atoms with Gasteiger partial charge in [-0.25, -0.2) is 13.2 Å². The Kier molecular flexibility index (Phi) is 4.55. The van der Waals surface area contributed by atoms with Crippen molar-refractivity contribution in [1.29, 1.82) is 0 Å². The smallest absolute Gasteiger partial charge is 0.224 e. The highest BCUT2D eigenvalue weighted by atomic mass is 19.2. The first-order chi connectivity index (χ1) is 13.0. The molecule has 8 heteroatoms. The standard InChI is InChI=1S/C19H17F3N4O/c20-14-7-13(8-15(21)19(14)22)12-3-6-26(18(27)9-12)17-10-16(24-25-17)11-1-4-23-5-2-11/h1-2,4-5,7-8,12,17,25H,3,6,9-10H2. The van der Waals surface area contributed by atoms with Crippen LogP contribution in [0.2, 0.25) is 0 Å². The molecule has 2 aliphatic rings. The van der Waals surface area contributed by atoms with E-state index >= 15 is 0 Å². The number of amides is 1. The van der Waals surface area contributed by atoms with E-state index in [9.17, 15) is 18.0 Å². The molecule has 1 fully saturated rings. The molecule has 2 aliphatic heterocycles. The normalized spacial score (nSPS) is 22.6. The van der Waals surface area contributed by atoms with Gasteiger partial charge in [-0.2, -0.15) is 5.10 Å². The number of likely N-dealkylation sites (tertiary alicyclic amines) is 1. The minimum Gasteiger partial charge on any atom is -0.321 e. The molecule has 5 nitrogen and oxygen atoms in total. The van der Waals surface area contributed by atoms with E-state index in [4.69, 9.17) is 0 Å². The van der Waals surface area contributed by atoms with Gasteiger partial charge < -0.3 is 4.90 Å². The maximum Gasteiger partial charge on any atom is 0.224 e. The Balaban J connectivity index is 1.42. The largest absolute Gasteiger partial charge is 0.321 e. The molecular formula is C19H17F3N4O. The monoisotopic (exact) mass is 374 g/mol. The number of aromatic nitrogens is 1. The number of rotatable bonds is 3. The first-order valence-electron chi connectivity index (χ1n) is 8.69. The van der Waals surface area contributed by atoms with Crippen molar-refractivity contribution < 1.29 is 18.0 Å². The van der Waals surface area contributed by atoms with E-state index in [0.717, 1.165) is 23.4 Å². The molecule has 2 atom stereocenters. The molecule has 2 unspecified atom stereocenters. The van der Waals surface area contributed by atoms with E-state index in [1.54, 1.807) is 17.3 Å². The second-order valence-electron chi connectivity index (χ2n) is 6.72. The van der Waals surface area contributed by atoms with Crippen LogP contribution in [-0.2, 0) is 4.79 Å². The van der Waals surface area contributed by atoms with Crippen molar-refractivity contribution in [2.24, 2.45) is 5.10 Å². The fourth-order valence-corrected chi connectivity index (χ4v) is 3.61. The van der Waals surface area contributed by atoms with Crippen LogP contribution >= 0.6 is 0 Å². The molecule has 0 saturated carbocycles. The van der Waals surface area contributed by atoms with Crippen molar-refractivity contribution in [1.82, 2.24) is 15.3 Å². The Morgan fingerprint density at radius 3 is 2.44 bits per heavy atom.